The fraction of sp³-hybridized carbons (Fsp3) is 0.457. The van der Waals surface area contributed by atoms with E-state index in [-0.39, 0.29) is 11.7 Å². The average molecular weight is 513 g/mol. The molecule has 0 spiro atoms. The Morgan fingerprint density at radius 3 is 2.21 bits per heavy atom. The molecule has 0 N–H and O–H groups in total. The Labute approximate surface area is 227 Å². The van der Waals surface area contributed by atoms with Gasteiger partial charge in [0, 0.05) is 5.56 Å². The van der Waals surface area contributed by atoms with Crippen molar-refractivity contribution in [2.24, 2.45) is 5.92 Å². The quantitative estimate of drug-likeness (QED) is 0.162. The van der Waals surface area contributed by atoms with Crippen molar-refractivity contribution in [3.8, 4) is 16.9 Å². The molecule has 1 aliphatic carbocycles. The van der Waals surface area contributed by atoms with Crippen molar-refractivity contribution in [3.63, 3.8) is 0 Å². The molecule has 5 rings (SSSR count). The van der Waals surface area contributed by atoms with Gasteiger partial charge in [-0.1, -0.05) is 100 Å². The van der Waals surface area contributed by atoms with Crippen LogP contribution in [0.3, 0.4) is 0 Å². The van der Waals surface area contributed by atoms with Crippen LogP contribution >= 0.6 is 0 Å². The molecule has 1 saturated carbocycles. The Morgan fingerprint density at radius 2 is 1.53 bits per heavy atom. The molecule has 38 heavy (non-hydrogen) atoms. The number of hydrogen-bond acceptors (Lipinski definition) is 2. The van der Waals surface area contributed by atoms with Gasteiger partial charge >= 0.3 is 5.97 Å². The van der Waals surface area contributed by atoms with E-state index in [0.29, 0.717) is 17.9 Å². The number of unbranched alkanes of at least 4 members (excludes halogenated alkanes) is 2. The van der Waals surface area contributed by atoms with Crippen LogP contribution < -0.4 is 4.74 Å². The van der Waals surface area contributed by atoms with Gasteiger partial charge in [0.05, 0.1) is 5.92 Å². The zero-order valence-corrected chi connectivity index (χ0v) is 23.0. The lowest BCUT2D eigenvalue weighted by molar-refractivity contribution is -0.137. The first kappa shape index (κ1) is 26.7. The van der Waals surface area contributed by atoms with Gasteiger partial charge in [-0.3, -0.25) is 4.79 Å². The van der Waals surface area contributed by atoms with Gasteiger partial charge in [0.25, 0.3) is 0 Å². The molecule has 0 saturated heterocycles. The van der Waals surface area contributed by atoms with Crippen LogP contribution in [0, 0.1) is 11.7 Å². The number of fused-ring (bicyclic) bond motifs is 1. The van der Waals surface area contributed by atoms with Crippen LogP contribution in [0.15, 0.2) is 60.7 Å². The number of halogens is 1. The molecule has 2 nitrogen and oxygen atoms in total. The van der Waals surface area contributed by atoms with Gasteiger partial charge in [-0.05, 0) is 84.6 Å². The predicted molar refractivity (Wildman–Crippen MR) is 153 cm³/mol. The van der Waals surface area contributed by atoms with E-state index in [1.54, 1.807) is 0 Å². The number of hydrogen-bond donors (Lipinski definition) is 0. The Kier molecular flexibility index (Phi) is 8.61. The van der Waals surface area contributed by atoms with Crippen LogP contribution in [-0.2, 0) is 17.6 Å². The number of carbonyl (C=O) groups is 1. The maximum atomic E-state index is 15.6. The highest BCUT2D eigenvalue weighted by Crippen LogP contribution is 2.41. The molecule has 3 aromatic rings. The first-order valence-electron chi connectivity index (χ1n) is 14.8. The summed E-state index contributed by atoms with van der Waals surface area (Å²) >= 11 is 0. The van der Waals surface area contributed by atoms with Gasteiger partial charge in [0.15, 0.2) is 11.6 Å². The molecule has 0 aromatic heterocycles. The standard InChI is InChI=1S/C35H41FO2/c1-3-5-6-8-25-11-15-29(16-12-25)32-23-30-21-22-31(33(36)34(30)38-35(32)37)28-19-17-27(18-20-28)26-13-9-24(7-4-2)10-14-26/h11-12,15-22,24,26,32H,3-10,13-14,23H2,1-2H3. The Morgan fingerprint density at radius 1 is 0.816 bits per heavy atom. The topological polar surface area (TPSA) is 26.3 Å². The molecule has 2 aliphatic rings. The van der Waals surface area contributed by atoms with Crippen LogP contribution in [0.1, 0.15) is 106 Å². The van der Waals surface area contributed by atoms with E-state index in [0.717, 1.165) is 29.0 Å². The second-order valence-electron chi connectivity index (χ2n) is 11.4. The maximum absolute atomic E-state index is 15.6. The van der Waals surface area contributed by atoms with Crippen LogP contribution in [0.2, 0.25) is 0 Å². The third-order valence-electron chi connectivity index (χ3n) is 8.78. The SMILES string of the molecule is CCCCCc1ccc(C2Cc3ccc(-c4ccc(C5CCC(CCC)CC5)cc4)c(F)c3OC2=O)cc1. The first-order valence-corrected chi connectivity index (χ1v) is 14.8. The fourth-order valence-corrected chi connectivity index (χ4v) is 6.44. The number of esters is 1. The maximum Gasteiger partial charge on any atom is 0.319 e. The fourth-order valence-electron chi connectivity index (χ4n) is 6.44. The summed E-state index contributed by atoms with van der Waals surface area (Å²) in [5, 5.41) is 0. The molecule has 200 valence electrons. The molecule has 1 heterocycles. The minimum Gasteiger partial charge on any atom is -0.423 e. The Hall–Kier alpha value is -2.94. The van der Waals surface area contributed by atoms with Gasteiger partial charge in [0.1, 0.15) is 0 Å². The van der Waals surface area contributed by atoms with Crippen molar-refractivity contribution in [1.29, 1.82) is 0 Å². The van der Waals surface area contributed by atoms with Gasteiger partial charge in [-0.15, -0.1) is 0 Å². The predicted octanol–water partition coefficient (Wildman–Crippen LogP) is 9.54. The van der Waals surface area contributed by atoms with Crippen LogP contribution in [0.4, 0.5) is 4.39 Å². The van der Waals surface area contributed by atoms with E-state index in [9.17, 15) is 4.79 Å². The lowest BCUT2D eigenvalue weighted by Crippen LogP contribution is -2.26. The highest BCUT2D eigenvalue weighted by atomic mass is 19.1. The van der Waals surface area contributed by atoms with E-state index in [4.69, 9.17) is 4.74 Å². The summed E-state index contributed by atoms with van der Waals surface area (Å²) < 4.78 is 21.3. The largest absolute Gasteiger partial charge is 0.423 e. The summed E-state index contributed by atoms with van der Waals surface area (Å²) in [7, 11) is 0. The smallest absolute Gasteiger partial charge is 0.319 e. The summed E-state index contributed by atoms with van der Waals surface area (Å²) in [5.41, 5.74) is 5.65. The minimum atomic E-state index is -0.437. The molecule has 3 heteroatoms. The van der Waals surface area contributed by atoms with E-state index in [1.165, 1.54) is 68.9 Å². The monoisotopic (exact) mass is 512 g/mol. The number of benzene rings is 3. The molecule has 1 unspecified atom stereocenters. The molecular formula is C35H41FO2. The van der Waals surface area contributed by atoms with E-state index in [1.807, 2.05) is 36.4 Å². The van der Waals surface area contributed by atoms with Crippen molar-refractivity contribution in [2.75, 3.05) is 0 Å². The minimum absolute atomic E-state index is 0.0956. The van der Waals surface area contributed by atoms with Crippen LogP contribution in [0.25, 0.3) is 11.1 Å². The van der Waals surface area contributed by atoms with Gasteiger partial charge < -0.3 is 4.74 Å². The van der Waals surface area contributed by atoms with Crippen LogP contribution in [-0.4, -0.2) is 5.97 Å². The van der Waals surface area contributed by atoms with Gasteiger partial charge in [-0.2, -0.15) is 0 Å². The summed E-state index contributed by atoms with van der Waals surface area (Å²) in [6, 6.07) is 20.4. The van der Waals surface area contributed by atoms with Crippen molar-refractivity contribution < 1.29 is 13.9 Å². The third kappa shape index (κ3) is 5.87. The highest BCUT2D eigenvalue weighted by molar-refractivity contribution is 5.84. The Balaban J connectivity index is 1.28. The second kappa shape index (κ2) is 12.3. The molecular weight excluding hydrogens is 471 g/mol. The zero-order valence-electron chi connectivity index (χ0n) is 23.0. The molecule has 0 bridgehead atoms. The second-order valence-corrected chi connectivity index (χ2v) is 11.4. The van der Waals surface area contributed by atoms with Crippen molar-refractivity contribution in [2.45, 2.75) is 96.3 Å². The number of ether oxygens (including phenoxy) is 1. The zero-order chi connectivity index (χ0) is 26.5. The summed E-state index contributed by atoms with van der Waals surface area (Å²) in [5.74, 6) is 0.378. The Bertz CT molecular complexity index is 1220. The molecule has 1 aliphatic heterocycles. The lowest BCUT2D eigenvalue weighted by atomic mass is 9.77. The molecule has 3 aromatic carbocycles. The normalized spacial score (nSPS) is 21.1. The lowest BCUT2D eigenvalue weighted by Gasteiger charge is -2.28. The van der Waals surface area contributed by atoms with Crippen molar-refractivity contribution in [3.05, 3.63) is 88.7 Å². The van der Waals surface area contributed by atoms with E-state index < -0.39 is 11.7 Å². The first-order chi connectivity index (χ1) is 18.6. The third-order valence-corrected chi connectivity index (χ3v) is 8.78. The average Bonchev–Trinajstić information content (AvgIpc) is 2.95. The van der Waals surface area contributed by atoms with Gasteiger partial charge in [-0.25, -0.2) is 4.39 Å². The molecule has 1 fully saturated rings. The molecule has 0 amide bonds. The van der Waals surface area contributed by atoms with Crippen molar-refractivity contribution in [1.82, 2.24) is 0 Å². The summed E-state index contributed by atoms with van der Waals surface area (Å²) in [6.07, 6.45) is 12.9. The number of aryl methyl sites for hydroxylation is 1. The highest BCUT2D eigenvalue weighted by Gasteiger charge is 2.32. The summed E-state index contributed by atoms with van der Waals surface area (Å²) in [6.45, 7) is 4.48. The van der Waals surface area contributed by atoms with E-state index in [2.05, 4.69) is 38.1 Å². The molecule has 0 radical (unpaired) electrons. The van der Waals surface area contributed by atoms with Crippen molar-refractivity contribution >= 4 is 5.97 Å². The van der Waals surface area contributed by atoms with Gasteiger partial charge in [0.2, 0.25) is 0 Å². The molecule has 1 atom stereocenters. The number of carbonyl (C=O) groups excluding carboxylic acids is 1. The van der Waals surface area contributed by atoms with Crippen LogP contribution in [0.5, 0.6) is 5.75 Å². The number of rotatable bonds is 9. The van der Waals surface area contributed by atoms with E-state index >= 15 is 4.39 Å². The summed E-state index contributed by atoms with van der Waals surface area (Å²) in [4.78, 5) is 12.9.